The lowest BCUT2D eigenvalue weighted by Crippen LogP contribution is -2.28. The smallest absolute Gasteiger partial charge is 0.275 e. The molecule has 5 heteroatoms. The van der Waals surface area contributed by atoms with Crippen molar-refractivity contribution in [3.05, 3.63) is 51.4 Å². The molecule has 0 spiro atoms. The van der Waals surface area contributed by atoms with Gasteiger partial charge in [0, 0.05) is 18.7 Å². The Balaban J connectivity index is 2.44. The van der Waals surface area contributed by atoms with Gasteiger partial charge < -0.3 is 10.4 Å². The van der Waals surface area contributed by atoms with E-state index in [1.807, 2.05) is 32.0 Å². The van der Waals surface area contributed by atoms with Crippen molar-refractivity contribution in [1.29, 1.82) is 0 Å². The van der Waals surface area contributed by atoms with E-state index in [-0.39, 0.29) is 11.3 Å². The van der Waals surface area contributed by atoms with Crippen LogP contribution in [0.5, 0.6) is 5.75 Å². The van der Waals surface area contributed by atoms with Crippen LogP contribution in [0.15, 0.2) is 29.1 Å². The Morgan fingerprint density at radius 3 is 2.73 bits per heavy atom. The second-order valence-corrected chi connectivity index (χ2v) is 5.71. The highest BCUT2D eigenvalue weighted by Crippen LogP contribution is 2.16. The molecular formula is C17H23N3O2. The summed E-state index contributed by atoms with van der Waals surface area (Å²) in [6, 6.07) is 7.43. The molecule has 1 aromatic carbocycles. The molecule has 0 aliphatic heterocycles. The fraction of sp³-hybridized carbons (Fsp3) is 0.412. The zero-order valence-electron chi connectivity index (χ0n) is 13.6. The van der Waals surface area contributed by atoms with Crippen LogP contribution >= 0.6 is 0 Å². The third-order valence-electron chi connectivity index (χ3n) is 3.81. The summed E-state index contributed by atoms with van der Waals surface area (Å²) in [4.78, 5) is 12.2. The Labute approximate surface area is 130 Å². The molecule has 2 aromatic rings. The molecule has 1 unspecified atom stereocenters. The molecule has 2 N–H and O–H groups in total. The highest BCUT2D eigenvalue weighted by molar-refractivity contribution is 5.43. The monoisotopic (exact) mass is 301 g/mol. The summed E-state index contributed by atoms with van der Waals surface area (Å²) in [5.41, 5.74) is 2.91. The van der Waals surface area contributed by atoms with Crippen molar-refractivity contribution in [1.82, 2.24) is 15.1 Å². The quantitative estimate of drug-likeness (QED) is 0.890. The van der Waals surface area contributed by atoms with Crippen molar-refractivity contribution in [3.8, 4) is 11.4 Å². The first-order valence-electron chi connectivity index (χ1n) is 7.55. The lowest BCUT2D eigenvalue weighted by molar-refractivity contribution is 0.443. The molecule has 0 radical (unpaired) electrons. The second kappa shape index (κ2) is 6.75. The third-order valence-corrected chi connectivity index (χ3v) is 3.81. The van der Waals surface area contributed by atoms with Gasteiger partial charge in [-0.1, -0.05) is 19.1 Å². The van der Waals surface area contributed by atoms with Crippen LogP contribution in [-0.4, -0.2) is 20.9 Å². The average Bonchev–Trinajstić information content (AvgIpc) is 2.49. The lowest BCUT2D eigenvalue weighted by Gasteiger charge is -2.14. The van der Waals surface area contributed by atoms with Gasteiger partial charge in [0.2, 0.25) is 0 Å². The Bertz CT molecular complexity index is 722. The van der Waals surface area contributed by atoms with E-state index in [1.165, 1.54) is 10.7 Å². The van der Waals surface area contributed by atoms with Crippen molar-refractivity contribution in [2.24, 2.45) is 0 Å². The summed E-state index contributed by atoms with van der Waals surface area (Å²) in [6.45, 7) is 8.48. The fourth-order valence-corrected chi connectivity index (χ4v) is 2.14. The second-order valence-electron chi connectivity index (χ2n) is 5.71. The van der Waals surface area contributed by atoms with Gasteiger partial charge in [-0.25, -0.2) is 0 Å². The number of rotatable bonds is 5. The number of benzene rings is 1. The molecule has 0 aliphatic carbocycles. The Morgan fingerprint density at radius 1 is 1.32 bits per heavy atom. The van der Waals surface area contributed by atoms with Crippen molar-refractivity contribution >= 4 is 0 Å². The van der Waals surface area contributed by atoms with Gasteiger partial charge in [-0.15, -0.1) is 0 Å². The number of hydrogen-bond acceptors (Lipinski definition) is 4. The number of hydrogen-bond donors (Lipinski definition) is 2. The maximum Gasteiger partial charge on any atom is 0.275 e. The predicted octanol–water partition coefficient (Wildman–Crippen LogP) is 2.44. The maximum atomic E-state index is 12.2. The first-order valence-corrected chi connectivity index (χ1v) is 7.55. The highest BCUT2D eigenvalue weighted by atomic mass is 16.3. The summed E-state index contributed by atoms with van der Waals surface area (Å²) in [5.74, 6) is -0.0673. The van der Waals surface area contributed by atoms with Crippen molar-refractivity contribution in [3.63, 3.8) is 0 Å². The Morgan fingerprint density at radius 2 is 2.05 bits per heavy atom. The Hall–Kier alpha value is -2.14. The fourth-order valence-electron chi connectivity index (χ4n) is 2.14. The molecule has 22 heavy (non-hydrogen) atoms. The molecule has 2 rings (SSSR count). The van der Waals surface area contributed by atoms with Crippen molar-refractivity contribution < 1.29 is 5.11 Å². The van der Waals surface area contributed by atoms with E-state index in [1.54, 1.807) is 0 Å². The van der Waals surface area contributed by atoms with Crippen molar-refractivity contribution in [2.75, 3.05) is 0 Å². The van der Waals surface area contributed by atoms with Crippen LogP contribution in [0.4, 0.5) is 0 Å². The van der Waals surface area contributed by atoms with E-state index in [0.717, 1.165) is 23.2 Å². The van der Waals surface area contributed by atoms with Crippen LogP contribution in [0.1, 0.15) is 37.1 Å². The van der Waals surface area contributed by atoms with Crippen LogP contribution < -0.4 is 10.9 Å². The van der Waals surface area contributed by atoms with Gasteiger partial charge in [0.25, 0.3) is 5.56 Å². The SMILES string of the molecule is CCC(C)NCc1nn(-c2cc(C)ccc2C)c(=O)cc1O. The topological polar surface area (TPSA) is 67.2 Å². The van der Waals surface area contributed by atoms with E-state index in [0.29, 0.717) is 18.3 Å². The third kappa shape index (κ3) is 3.54. The highest BCUT2D eigenvalue weighted by Gasteiger charge is 2.12. The molecular weight excluding hydrogens is 278 g/mol. The van der Waals surface area contributed by atoms with Gasteiger partial charge in [-0.05, 0) is 44.4 Å². The largest absolute Gasteiger partial charge is 0.506 e. The molecule has 0 amide bonds. The van der Waals surface area contributed by atoms with E-state index >= 15 is 0 Å². The molecule has 1 heterocycles. The molecule has 1 atom stereocenters. The number of nitrogens with one attached hydrogen (secondary N) is 1. The standard InChI is InChI=1S/C17H23N3O2/c1-5-13(4)18-10-14-16(21)9-17(22)20(19-14)15-8-11(2)6-7-12(15)3/h6-9,13,18,21H,5,10H2,1-4H3. The zero-order valence-corrected chi connectivity index (χ0v) is 13.6. The van der Waals surface area contributed by atoms with E-state index < -0.39 is 0 Å². The minimum Gasteiger partial charge on any atom is -0.506 e. The molecule has 0 fully saturated rings. The molecule has 118 valence electrons. The number of nitrogens with zero attached hydrogens (tertiary/aromatic N) is 2. The summed E-state index contributed by atoms with van der Waals surface area (Å²) in [6.07, 6.45) is 0.984. The maximum absolute atomic E-state index is 12.2. The normalized spacial score (nSPS) is 12.4. The first-order chi connectivity index (χ1) is 10.4. The Kier molecular flexibility index (Phi) is 4.98. The first kappa shape index (κ1) is 16.2. The molecule has 0 saturated heterocycles. The summed E-state index contributed by atoms with van der Waals surface area (Å²) in [7, 11) is 0. The minimum atomic E-state index is -0.335. The number of aromatic nitrogens is 2. The van der Waals surface area contributed by atoms with Crippen LogP contribution in [0.25, 0.3) is 5.69 Å². The predicted molar refractivity (Wildman–Crippen MR) is 87.6 cm³/mol. The minimum absolute atomic E-state index is 0.0673. The van der Waals surface area contributed by atoms with Gasteiger partial charge in [-0.2, -0.15) is 9.78 Å². The van der Waals surface area contributed by atoms with Gasteiger partial charge in [-0.3, -0.25) is 4.79 Å². The lowest BCUT2D eigenvalue weighted by atomic mass is 10.1. The molecule has 0 aliphatic rings. The van der Waals surface area contributed by atoms with Crippen LogP contribution in [-0.2, 0) is 6.54 Å². The molecule has 5 nitrogen and oxygen atoms in total. The van der Waals surface area contributed by atoms with E-state index in [9.17, 15) is 9.90 Å². The van der Waals surface area contributed by atoms with Crippen LogP contribution in [0, 0.1) is 13.8 Å². The van der Waals surface area contributed by atoms with Gasteiger partial charge >= 0.3 is 0 Å². The molecule has 1 aromatic heterocycles. The molecule has 0 bridgehead atoms. The van der Waals surface area contributed by atoms with E-state index in [2.05, 4.69) is 24.3 Å². The summed E-state index contributed by atoms with van der Waals surface area (Å²) < 4.78 is 1.36. The number of aromatic hydroxyl groups is 1. The zero-order chi connectivity index (χ0) is 16.3. The van der Waals surface area contributed by atoms with Gasteiger partial charge in [0.1, 0.15) is 11.4 Å². The summed E-state index contributed by atoms with van der Waals surface area (Å²) in [5, 5.41) is 17.6. The summed E-state index contributed by atoms with van der Waals surface area (Å²) >= 11 is 0. The van der Waals surface area contributed by atoms with E-state index in [4.69, 9.17) is 0 Å². The number of aryl methyl sites for hydroxylation is 2. The molecule has 0 saturated carbocycles. The van der Waals surface area contributed by atoms with Gasteiger partial charge in [0.15, 0.2) is 0 Å². The average molecular weight is 301 g/mol. The van der Waals surface area contributed by atoms with Crippen molar-refractivity contribution in [2.45, 2.75) is 46.7 Å². The van der Waals surface area contributed by atoms with Crippen LogP contribution in [0.3, 0.4) is 0 Å². The van der Waals surface area contributed by atoms with Gasteiger partial charge in [0.05, 0.1) is 5.69 Å². The van der Waals surface area contributed by atoms with Crippen LogP contribution in [0.2, 0.25) is 0 Å².